The van der Waals surface area contributed by atoms with Gasteiger partial charge in [0.05, 0.1) is 5.88 Å². The van der Waals surface area contributed by atoms with Gasteiger partial charge in [0.15, 0.2) is 6.79 Å². The molecule has 1 saturated heterocycles. The van der Waals surface area contributed by atoms with E-state index in [1.165, 1.54) is 0 Å². The van der Waals surface area contributed by atoms with Crippen molar-refractivity contribution in [2.75, 3.05) is 12.7 Å². The lowest BCUT2D eigenvalue weighted by molar-refractivity contribution is -0.286. The third-order valence-corrected chi connectivity index (χ3v) is 1.46. The Balaban J connectivity index is 2.40. The van der Waals surface area contributed by atoms with E-state index in [4.69, 9.17) is 23.2 Å². The first-order valence-electron chi connectivity index (χ1n) is 1.96. The Morgan fingerprint density at radius 2 is 2.38 bits per heavy atom. The molecule has 0 saturated carbocycles. The molecule has 0 aromatic rings. The Morgan fingerprint density at radius 1 is 1.62 bits per heavy atom. The van der Waals surface area contributed by atoms with Crippen LogP contribution in [0.1, 0.15) is 0 Å². The van der Waals surface area contributed by atoms with Crippen molar-refractivity contribution in [3.8, 4) is 0 Å². The topological polar surface area (TPSA) is 27.7 Å². The molecule has 1 fully saturated rings. The molecule has 1 aliphatic heterocycles. The van der Waals surface area contributed by atoms with Crippen molar-refractivity contribution in [1.82, 2.24) is 0 Å². The molecule has 0 spiro atoms. The molecule has 1 unspecified atom stereocenters. The van der Waals surface area contributed by atoms with Crippen molar-refractivity contribution < 1.29 is 14.5 Å². The van der Waals surface area contributed by atoms with Crippen LogP contribution in [0.25, 0.3) is 0 Å². The van der Waals surface area contributed by atoms with E-state index in [0.717, 1.165) is 0 Å². The SMILES string of the molecule is ClCC1(Cl)OCOO1. The van der Waals surface area contributed by atoms with E-state index in [9.17, 15) is 0 Å². The van der Waals surface area contributed by atoms with E-state index < -0.39 is 5.25 Å². The normalized spacial score (nSPS) is 38.2. The van der Waals surface area contributed by atoms with Gasteiger partial charge in [0.1, 0.15) is 0 Å². The minimum Gasteiger partial charge on any atom is -0.304 e. The first-order valence-corrected chi connectivity index (χ1v) is 2.87. The van der Waals surface area contributed by atoms with Crippen molar-refractivity contribution in [1.29, 1.82) is 0 Å². The molecule has 0 aromatic heterocycles. The number of rotatable bonds is 1. The highest BCUT2D eigenvalue weighted by molar-refractivity contribution is 6.29. The largest absolute Gasteiger partial charge is 0.304 e. The molecule has 0 amide bonds. The molecule has 5 heteroatoms. The first kappa shape index (κ1) is 6.58. The molecule has 1 atom stereocenters. The van der Waals surface area contributed by atoms with Crippen LogP contribution in [0, 0.1) is 0 Å². The summed E-state index contributed by atoms with van der Waals surface area (Å²) >= 11 is 10.7. The Bertz CT molecular complexity index is 80.6. The first-order chi connectivity index (χ1) is 3.77. The summed E-state index contributed by atoms with van der Waals surface area (Å²) in [6.45, 7) is 0.0379. The van der Waals surface area contributed by atoms with Crippen LogP contribution in [-0.2, 0) is 14.5 Å². The zero-order chi connectivity index (χ0) is 6.04. The molecule has 0 N–H and O–H groups in total. The molecule has 0 aliphatic carbocycles. The lowest BCUT2D eigenvalue weighted by Gasteiger charge is -2.10. The van der Waals surface area contributed by atoms with Crippen LogP contribution in [-0.4, -0.2) is 17.9 Å². The number of alkyl halides is 2. The summed E-state index contributed by atoms with van der Waals surface area (Å²) in [5.74, 6) is 0.0502. The van der Waals surface area contributed by atoms with Gasteiger partial charge in [-0.1, -0.05) is 11.6 Å². The fourth-order valence-electron chi connectivity index (χ4n) is 0.309. The van der Waals surface area contributed by atoms with Gasteiger partial charge in [0, 0.05) is 0 Å². The fraction of sp³-hybridized carbons (Fsp3) is 1.00. The Kier molecular flexibility index (Phi) is 1.95. The number of hydrogen-bond acceptors (Lipinski definition) is 3. The van der Waals surface area contributed by atoms with Crippen LogP contribution in [0.5, 0.6) is 0 Å². The molecule has 1 rings (SSSR count). The van der Waals surface area contributed by atoms with E-state index in [0.29, 0.717) is 0 Å². The maximum Gasteiger partial charge on any atom is 0.294 e. The van der Waals surface area contributed by atoms with Crippen LogP contribution in [0.3, 0.4) is 0 Å². The predicted octanol–water partition coefficient (Wildman–Crippen LogP) is 1.05. The molecule has 8 heavy (non-hydrogen) atoms. The number of halogens is 2. The summed E-state index contributed by atoms with van der Waals surface area (Å²) in [6.07, 6.45) is 0. The Hall–Kier alpha value is 0.460. The smallest absolute Gasteiger partial charge is 0.294 e. The van der Waals surface area contributed by atoms with E-state index in [1.807, 2.05) is 0 Å². The average Bonchev–Trinajstić information content (AvgIpc) is 2.17. The maximum absolute atomic E-state index is 5.45. The van der Waals surface area contributed by atoms with Crippen LogP contribution in [0.4, 0.5) is 0 Å². The van der Waals surface area contributed by atoms with Gasteiger partial charge in [0.25, 0.3) is 5.25 Å². The Labute approximate surface area is 56.3 Å². The zero-order valence-electron chi connectivity index (χ0n) is 3.89. The second kappa shape index (κ2) is 2.37. The highest BCUT2D eigenvalue weighted by Crippen LogP contribution is 2.25. The molecule has 0 radical (unpaired) electrons. The number of ether oxygens (including phenoxy) is 1. The summed E-state index contributed by atoms with van der Waals surface area (Å²) < 4.78 is 4.68. The minimum atomic E-state index is -1.25. The van der Waals surface area contributed by atoms with Gasteiger partial charge in [-0.15, -0.1) is 11.6 Å². The maximum atomic E-state index is 5.45. The highest BCUT2D eigenvalue weighted by Gasteiger charge is 2.35. The number of hydrogen-bond donors (Lipinski definition) is 0. The van der Waals surface area contributed by atoms with Crippen LogP contribution in [0.15, 0.2) is 0 Å². The third-order valence-electron chi connectivity index (χ3n) is 0.666. The van der Waals surface area contributed by atoms with Gasteiger partial charge in [-0.25, -0.2) is 4.89 Å². The van der Waals surface area contributed by atoms with E-state index in [2.05, 4.69) is 14.5 Å². The highest BCUT2D eigenvalue weighted by atomic mass is 35.5. The predicted molar refractivity (Wildman–Crippen MR) is 27.4 cm³/mol. The molecular formula is C3H4Cl2O3. The molecule has 1 heterocycles. The molecule has 0 aromatic carbocycles. The van der Waals surface area contributed by atoms with Gasteiger partial charge in [-0.3, -0.25) is 0 Å². The van der Waals surface area contributed by atoms with E-state index >= 15 is 0 Å². The molecular weight excluding hydrogens is 155 g/mol. The standard InChI is InChI=1S/C3H4Cl2O3/c4-1-3(5)6-2-7-8-3/h1-2H2. The van der Waals surface area contributed by atoms with Crippen molar-refractivity contribution in [3.05, 3.63) is 0 Å². The van der Waals surface area contributed by atoms with Crippen LogP contribution < -0.4 is 0 Å². The quantitative estimate of drug-likeness (QED) is 0.422. The van der Waals surface area contributed by atoms with Gasteiger partial charge in [0.2, 0.25) is 0 Å². The molecule has 1 aliphatic rings. The van der Waals surface area contributed by atoms with Gasteiger partial charge in [-0.2, -0.15) is 4.89 Å². The average molecular weight is 159 g/mol. The van der Waals surface area contributed by atoms with Gasteiger partial charge < -0.3 is 4.74 Å². The van der Waals surface area contributed by atoms with Crippen LogP contribution >= 0.6 is 23.2 Å². The second-order valence-corrected chi connectivity index (χ2v) is 2.10. The molecule has 3 nitrogen and oxygen atoms in total. The summed E-state index contributed by atoms with van der Waals surface area (Å²) in [7, 11) is 0. The zero-order valence-corrected chi connectivity index (χ0v) is 5.41. The minimum absolute atomic E-state index is 0.0379. The monoisotopic (exact) mass is 158 g/mol. The van der Waals surface area contributed by atoms with Gasteiger partial charge in [-0.05, 0) is 0 Å². The molecule has 0 bridgehead atoms. The fourth-order valence-corrected chi connectivity index (χ4v) is 0.520. The lowest BCUT2D eigenvalue weighted by Crippen LogP contribution is -2.23. The van der Waals surface area contributed by atoms with Crippen molar-refractivity contribution >= 4 is 23.2 Å². The second-order valence-electron chi connectivity index (χ2n) is 1.26. The van der Waals surface area contributed by atoms with Crippen LogP contribution in [0.2, 0.25) is 0 Å². The summed E-state index contributed by atoms with van der Waals surface area (Å²) in [5.41, 5.74) is 0. The summed E-state index contributed by atoms with van der Waals surface area (Å²) in [6, 6.07) is 0. The summed E-state index contributed by atoms with van der Waals surface area (Å²) in [5, 5.41) is -1.25. The third kappa shape index (κ3) is 1.24. The Morgan fingerprint density at radius 3 is 2.62 bits per heavy atom. The van der Waals surface area contributed by atoms with Crippen molar-refractivity contribution in [2.24, 2.45) is 0 Å². The van der Waals surface area contributed by atoms with Gasteiger partial charge >= 0.3 is 0 Å². The van der Waals surface area contributed by atoms with E-state index in [-0.39, 0.29) is 12.7 Å². The van der Waals surface area contributed by atoms with E-state index in [1.54, 1.807) is 0 Å². The molecule has 48 valence electrons. The summed E-state index contributed by atoms with van der Waals surface area (Å²) in [4.78, 5) is 8.71. The van der Waals surface area contributed by atoms with Crippen molar-refractivity contribution in [3.63, 3.8) is 0 Å². The van der Waals surface area contributed by atoms with Crippen molar-refractivity contribution in [2.45, 2.75) is 5.25 Å². The lowest BCUT2D eigenvalue weighted by atomic mass is 10.7.